The first kappa shape index (κ1) is 17.0. The molecule has 5 nitrogen and oxygen atoms in total. The normalized spacial score (nSPS) is 16.3. The Hall–Kier alpha value is -2.44. The average Bonchev–Trinajstić information content (AvgIpc) is 2.61. The van der Waals surface area contributed by atoms with Gasteiger partial charge in [0.15, 0.2) is 0 Å². The maximum Gasteiger partial charge on any atom is 0.336 e. The van der Waals surface area contributed by atoms with E-state index in [0.29, 0.717) is 17.5 Å². The summed E-state index contributed by atoms with van der Waals surface area (Å²) in [6, 6.07) is 17.4. The topological polar surface area (TPSA) is 76.4 Å². The molecule has 1 saturated carbocycles. The van der Waals surface area contributed by atoms with Crippen molar-refractivity contribution < 1.29 is 12.8 Å². The maximum absolute atomic E-state index is 12.8. The van der Waals surface area contributed by atoms with Gasteiger partial charge in [-0.05, 0) is 42.7 Å². The number of rotatable bonds is 5. The van der Waals surface area contributed by atoms with E-state index in [4.69, 9.17) is 4.42 Å². The van der Waals surface area contributed by atoms with Crippen molar-refractivity contribution in [2.24, 2.45) is 0 Å². The van der Waals surface area contributed by atoms with Crippen molar-refractivity contribution in [1.29, 1.82) is 0 Å². The van der Waals surface area contributed by atoms with Crippen LogP contribution in [-0.4, -0.2) is 15.0 Å². The van der Waals surface area contributed by atoms with Crippen molar-refractivity contribution in [3.05, 3.63) is 76.6 Å². The Morgan fingerprint density at radius 3 is 2.46 bits per heavy atom. The lowest BCUT2D eigenvalue weighted by Crippen LogP contribution is -2.45. The van der Waals surface area contributed by atoms with Gasteiger partial charge in [-0.15, -0.1) is 0 Å². The van der Waals surface area contributed by atoms with Gasteiger partial charge in [-0.1, -0.05) is 36.8 Å². The molecule has 0 saturated heterocycles. The molecule has 1 aromatic heterocycles. The first-order valence-electron chi connectivity index (χ1n) is 8.58. The molecule has 0 spiro atoms. The van der Waals surface area contributed by atoms with Crippen molar-refractivity contribution >= 4 is 21.0 Å². The highest BCUT2D eigenvalue weighted by Crippen LogP contribution is 2.43. The summed E-state index contributed by atoms with van der Waals surface area (Å²) in [5, 5.41) is 0.578. The summed E-state index contributed by atoms with van der Waals surface area (Å²) < 4.78 is 33.3. The molecule has 1 aliphatic rings. The molecule has 0 atom stereocenters. The molecule has 0 bridgehead atoms. The van der Waals surface area contributed by atoms with Crippen molar-refractivity contribution in [2.45, 2.75) is 29.6 Å². The van der Waals surface area contributed by atoms with Gasteiger partial charge in [-0.2, -0.15) is 0 Å². The molecule has 0 aliphatic heterocycles. The number of nitrogens with one attached hydrogen (secondary N) is 1. The SMILES string of the molecule is O=c1ccc2cc(S(=O)(=O)NCC3(c4ccccc4)CCC3)ccc2o1. The van der Waals surface area contributed by atoms with Gasteiger partial charge >= 0.3 is 5.63 Å². The summed E-state index contributed by atoms with van der Waals surface area (Å²) in [5.41, 5.74) is 0.962. The molecule has 2 aromatic carbocycles. The predicted octanol–water partition coefficient (Wildman–Crippen LogP) is 3.19. The molecule has 1 heterocycles. The third-order valence-corrected chi connectivity index (χ3v) is 6.60. The molecule has 1 fully saturated rings. The summed E-state index contributed by atoms with van der Waals surface area (Å²) in [6.07, 6.45) is 3.05. The zero-order valence-electron chi connectivity index (χ0n) is 14.1. The molecule has 0 unspecified atom stereocenters. The lowest BCUT2D eigenvalue weighted by atomic mass is 9.64. The van der Waals surface area contributed by atoms with Gasteiger partial charge in [0.2, 0.25) is 10.0 Å². The summed E-state index contributed by atoms with van der Waals surface area (Å²) in [6.45, 7) is 0.376. The van der Waals surface area contributed by atoms with Crippen LogP contribution in [0.4, 0.5) is 0 Å². The molecule has 4 rings (SSSR count). The van der Waals surface area contributed by atoms with Gasteiger partial charge in [0.1, 0.15) is 5.58 Å². The monoisotopic (exact) mass is 369 g/mol. The van der Waals surface area contributed by atoms with Crippen molar-refractivity contribution in [1.82, 2.24) is 4.72 Å². The van der Waals surface area contributed by atoms with Crippen LogP contribution in [0.5, 0.6) is 0 Å². The Bertz CT molecular complexity index is 1100. The van der Waals surface area contributed by atoms with Crippen LogP contribution in [0, 0.1) is 0 Å². The second-order valence-electron chi connectivity index (χ2n) is 6.78. The molecular weight excluding hydrogens is 350 g/mol. The fourth-order valence-corrected chi connectivity index (χ4v) is 4.66. The Kier molecular flexibility index (Phi) is 4.17. The molecule has 3 aromatic rings. The molecule has 0 amide bonds. The highest BCUT2D eigenvalue weighted by atomic mass is 32.2. The van der Waals surface area contributed by atoms with E-state index < -0.39 is 15.6 Å². The van der Waals surface area contributed by atoms with Gasteiger partial charge in [0.25, 0.3) is 0 Å². The number of hydrogen-bond acceptors (Lipinski definition) is 4. The first-order chi connectivity index (χ1) is 12.5. The zero-order valence-corrected chi connectivity index (χ0v) is 15.0. The second-order valence-corrected chi connectivity index (χ2v) is 8.55. The molecular formula is C20H19NO4S. The standard InChI is InChI=1S/C20H19NO4S/c22-19-10-7-15-13-17(8-9-18(15)25-19)26(23,24)21-14-20(11-4-12-20)16-5-2-1-3-6-16/h1-3,5-10,13,21H,4,11-12,14H2. The van der Waals surface area contributed by atoms with Crippen molar-refractivity contribution in [3.63, 3.8) is 0 Å². The summed E-state index contributed by atoms with van der Waals surface area (Å²) in [4.78, 5) is 11.4. The Morgan fingerprint density at radius 1 is 1.00 bits per heavy atom. The van der Waals surface area contributed by atoms with Gasteiger partial charge in [0, 0.05) is 23.4 Å². The first-order valence-corrected chi connectivity index (χ1v) is 10.1. The molecule has 1 N–H and O–H groups in total. The molecule has 26 heavy (non-hydrogen) atoms. The Balaban J connectivity index is 1.59. The van der Waals surface area contributed by atoms with Crippen LogP contribution >= 0.6 is 0 Å². The molecule has 1 aliphatic carbocycles. The van der Waals surface area contributed by atoms with E-state index in [1.54, 1.807) is 6.07 Å². The highest BCUT2D eigenvalue weighted by molar-refractivity contribution is 7.89. The van der Waals surface area contributed by atoms with Crippen LogP contribution in [0.1, 0.15) is 24.8 Å². The lowest BCUT2D eigenvalue weighted by molar-refractivity contribution is 0.245. The third kappa shape index (κ3) is 3.06. The quantitative estimate of drug-likeness (QED) is 0.701. The molecule has 6 heteroatoms. The minimum absolute atomic E-state index is 0.127. The van der Waals surface area contributed by atoms with Crippen LogP contribution in [0.25, 0.3) is 11.0 Å². The van der Waals surface area contributed by atoms with E-state index in [1.165, 1.54) is 29.8 Å². The zero-order chi connectivity index (χ0) is 18.2. The minimum Gasteiger partial charge on any atom is -0.423 e. The fraction of sp³-hybridized carbons (Fsp3) is 0.250. The third-order valence-electron chi connectivity index (χ3n) is 5.20. The number of sulfonamides is 1. The van der Waals surface area contributed by atoms with Gasteiger partial charge in [-0.3, -0.25) is 0 Å². The van der Waals surface area contributed by atoms with Crippen LogP contribution in [0.2, 0.25) is 0 Å². The van der Waals surface area contributed by atoms with Crippen molar-refractivity contribution in [2.75, 3.05) is 6.54 Å². The minimum atomic E-state index is -3.65. The smallest absolute Gasteiger partial charge is 0.336 e. The number of benzene rings is 2. The average molecular weight is 369 g/mol. The molecule has 0 radical (unpaired) electrons. The predicted molar refractivity (Wildman–Crippen MR) is 99.6 cm³/mol. The van der Waals surface area contributed by atoms with E-state index in [9.17, 15) is 13.2 Å². The number of fused-ring (bicyclic) bond motifs is 1. The van der Waals surface area contributed by atoms with Crippen LogP contribution in [-0.2, 0) is 15.4 Å². The summed E-state index contributed by atoms with van der Waals surface area (Å²) in [7, 11) is -3.65. The Morgan fingerprint density at radius 2 is 1.77 bits per heavy atom. The largest absolute Gasteiger partial charge is 0.423 e. The fourth-order valence-electron chi connectivity index (χ4n) is 3.50. The van der Waals surface area contributed by atoms with E-state index >= 15 is 0 Å². The second kappa shape index (κ2) is 6.37. The van der Waals surface area contributed by atoms with E-state index in [-0.39, 0.29) is 10.3 Å². The Labute approximate surface area is 151 Å². The van der Waals surface area contributed by atoms with Crippen LogP contribution < -0.4 is 10.3 Å². The number of hydrogen-bond donors (Lipinski definition) is 1. The van der Waals surface area contributed by atoms with Gasteiger partial charge in [-0.25, -0.2) is 17.9 Å². The van der Waals surface area contributed by atoms with Gasteiger partial charge in [0.05, 0.1) is 4.90 Å². The van der Waals surface area contributed by atoms with Crippen LogP contribution in [0.15, 0.2) is 74.8 Å². The highest BCUT2D eigenvalue weighted by Gasteiger charge is 2.39. The van der Waals surface area contributed by atoms with Gasteiger partial charge < -0.3 is 4.42 Å². The maximum atomic E-state index is 12.8. The lowest BCUT2D eigenvalue weighted by Gasteiger charge is -2.42. The van der Waals surface area contributed by atoms with E-state index in [1.807, 2.05) is 18.2 Å². The van der Waals surface area contributed by atoms with E-state index in [2.05, 4.69) is 16.9 Å². The van der Waals surface area contributed by atoms with Crippen molar-refractivity contribution in [3.8, 4) is 0 Å². The van der Waals surface area contributed by atoms with Crippen LogP contribution in [0.3, 0.4) is 0 Å². The van der Waals surface area contributed by atoms with E-state index in [0.717, 1.165) is 19.3 Å². The summed E-state index contributed by atoms with van der Waals surface area (Å²) >= 11 is 0. The summed E-state index contributed by atoms with van der Waals surface area (Å²) in [5.74, 6) is 0. The molecule has 134 valence electrons.